The van der Waals surface area contributed by atoms with Crippen LogP contribution >= 0.6 is 0 Å². The molecule has 0 aromatic rings. The maximum atomic E-state index is 12.9. The number of ketones is 1. The van der Waals surface area contributed by atoms with Gasteiger partial charge in [-0.1, -0.05) is 25.5 Å². The van der Waals surface area contributed by atoms with Crippen molar-refractivity contribution in [2.45, 2.75) is 78.7 Å². The highest BCUT2D eigenvalue weighted by molar-refractivity contribution is 5.92. The number of Topliss-reactive ketones (excluding diaryl/α,β-unsaturated/α-hetero) is 1. The largest absolute Gasteiger partial charge is 0.390 e. The third kappa shape index (κ3) is 2.00. The lowest BCUT2D eigenvalue weighted by atomic mass is 9.43. The molecule has 0 bridgehead atoms. The molecular weight excluding hydrogens is 322 g/mol. The number of hydrogen-bond acceptors (Lipinski definition) is 3. The summed E-state index contributed by atoms with van der Waals surface area (Å²) in [7, 11) is 0. The van der Waals surface area contributed by atoms with Crippen LogP contribution in [0.15, 0.2) is 11.6 Å². The molecule has 3 fully saturated rings. The first-order valence-electron chi connectivity index (χ1n) is 10.4. The summed E-state index contributed by atoms with van der Waals surface area (Å²) in [6.45, 7) is 10.7. The Morgan fingerprint density at radius 2 is 1.77 bits per heavy atom. The lowest BCUT2D eigenvalue weighted by Crippen LogP contribution is -2.57. The average Bonchev–Trinajstić information content (AvgIpc) is 2.81. The van der Waals surface area contributed by atoms with E-state index in [9.17, 15) is 15.2 Å². The number of nitriles is 1. The molecule has 3 nitrogen and oxygen atoms in total. The smallest absolute Gasteiger partial charge is 0.159 e. The second-order valence-corrected chi connectivity index (χ2v) is 10.8. The predicted molar refractivity (Wildman–Crippen MR) is 101 cm³/mol. The summed E-state index contributed by atoms with van der Waals surface area (Å²) in [6.07, 6.45) is 8.22. The first-order valence-corrected chi connectivity index (χ1v) is 10.4. The van der Waals surface area contributed by atoms with Gasteiger partial charge in [0.1, 0.15) is 5.92 Å². The Kier molecular flexibility index (Phi) is 3.66. The molecule has 7 atom stereocenters. The molecule has 4 aliphatic rings. The minimum absolute atomic E-state index is 0.00447. The van der Waals surface area contributed by atoms with Crippen LogP contribution in [0.25, 0.3) is 0 Å². The fourth-order valence-electron chi connectivity index (χ4n) is 7.76. The van der Waals surface area contributed by atoms with Crippen molar-refractivity contribution in [3.8, 4) is 6.07 Å². The van der Waals surface area contributed by atoms with E-state index < -0.39 is 16.9 Å². The van der Waals surface area contributed by atoms with Crippen LogP contribution in [0.3, 0.4) is 0 Å². The molecule has 0 radical (unpaired) electrons. The van der Waals surface area contributed by atoms with Gasteiger partial charge in [0.2, 0.25) is 0 Å². The fraction of sp³-hybridized carbons (Fsp3) is 0.826. The van der Waals surface area contributed by atoms with E-state index in [1.165, 1.54) is 5.57 Å². The molecule has 0 amide bonds. The molecule has 0 aliphatic heterocycles. The van der Waals surface area contributed by atoms with E-state index >= 15 is 0 Å². The average molecular weight is 356 g/mol. The van der Waals surface area contributed by atoms with Crippen molar-refractivity contribution in [1.82, 2.24) is 0 Å². The summed E-state index contributed by atoms with van der Waals surface area (Å²) in [4.78, 5) is 12.9. The third-order valence-corrected chi connectivity index (χ3v) is 9.42. The van der Waals surface area contributed by atoms with Crippen molar-refractivity contribution in [3.63, 3.8) is 0 Å². The molecule has 0 aromatic carbocycles. The number of aliphatic hydroxyl groups is 1. The van der Waals surface area contributed by atoms with Gasteiger partial charge in [0, 0.05) is 5.41 Å². The van der Waals surface area contributed by atoms with Gasteiger partial charge in [-0.3, -0.25) is 4.79 Å². The Labute approximate surface area is 157 Å². The van der Waals surface area contributed by atoms with Gasteiger partial charge in [0.05, 0.1) is 11.7 Å². The summed E-state index contributed by atoms with van der Waals surface area (Å²) >= 11 is 0. The van der Waals surface area contributed by atoms with Crippen LogP contribution < -0.4 is 0 Å². The van der Waals surface area contributed by atoms with Crippen LogP contribution in [-0.4, -0.2) is 16.5 Å². The van der Waals surface area contributed by atoms with Crippen molar-refractivity contribution < 1.29 is 9.90 Å². The number of carbonyl (C=O) groups excluding carboxylic acids is 1. The van der Waals surface area contributed by atoms with Gasteiger partial charge in [0.15, 0.2) is 5.78 Å². The zero-order valence-corrected chi connectivity index (χ0v) is 16.9. The van der Waals surface area contributed by atoms with Crippen molar-refractivity contribution in [2.24, 2.45) is 39.9 Å². The van der Waals surface area contributed by atoms with Gasteiger partial charge in [-0.25, -0.2) is 0 Å². The van der Waals surface area contributed by atoms with Crippen molar-refractivity contribution in [1.29, 1.82) is 5.26 Å². The van der Waals surface area contributed by atoms with Gasteiger partial charge < -0.3 is 5.11 Å². The SMILES string of the molecule is CC1(C)C(=O)[C@H](C#N)C[C@@]2(C)C1=CCC1C2CC[C@@]2(C)C1CC[C@]2(C)O. The van der Waals surface area contributed by atoms with Crippen LogP contribution in [0.2, 0.25) is 0 Å². The normalized spacial score (nSPS) is 52.3. The first-order chi connectivity index (χ1) is 12.0. The van der Waals surface area contributed by atoms with Gasteiger partial charge in [-0.05, 0) is 87.9 Å². The zero-order valence-electron chi connectivity index (χ0n) is 16.9. The summed E-state index contributed by atoms with van der Waals surface area (Å²) in [6, 6.07) is 2.31. The van der Waals surface area contributed by atoms with E-state index in [4.69, 9.17) is 0 Å². The molecule has 0 spiro atoms. The first kappa shape index (κ1) is 18.2. The summed E-state index contributed by atoms with van der Waals surface area (Å²) in [5, 5.41) is 20.7. The predicted octanol–water partition coefficient (Wildman–Crippen LogP) is 4.66. The monoisotopic (exact) mass is 355 g/mol. The summed E-state index contributed by atoms with van der Waals surface area (Å²) in [5.41, 5.74) is 0.141. The highest BCUT2D eigenvalue weighted by atomic mass is 16.3. The lowest BCUT2D eigenvalue weighted by Gasteiger charge is -2.60. The van der Waals surface area contributed by atoms with Gasteiger partial charge in [0.25, 0.3) is 0 Å². The van der Waals surface area contributed by atoms with Crippen LogP contribution in [0, 0.1) is 51.2 Å². The highest BCUT2D eigenvalue weighted by Crippen LogP contribution is 2.68. The van der Waals surface area contributed by atoms with Crippen LogP contribution in [0.4, 0.5) is 0 Å². The maximum Gasteiger partial charge on any atom is 0.159 e. The Morgan fingerprint density at radius 3 is 2.42 bits per heavy atom. The molecule has 1 N–H and O–H groups in total. The molecule has 26 heavy (non-hydrogen) atoms. The van der Waals surface area contributed by atoms with E-state index in [1.807, 2.05) is 20.8 Å². The minimum atomic E-state index is -0.565. The molecule has 0 aromatic heterocycles. The fourth-order valence-corrected chi connectivity index (χ4v) is 7.76. The van der Waals surface area contributed by atoms with Crippen molar-refractivity contribution in [2.75, 3.05) is 0 Å². The second-order valence-electron chi connectivity index (χ2n) is 10.8. The topological polar surface area (TPSA) is 61.1 Å². The number of carbonyl (C=O) groups is 1. The van der Waals surface area contributed by atoms with E-state index in [0.717, 1.165) is 32.1 Å². The number of hydrogen-bond donors (Lipinski definition) is 1. The van der Waals surface area contributed by atoms with E-state index in [1.54, 1.807) is 0 Å². The molecule has 3 heteroatoms. The number of allylic oxidation sites excluding steroid dienone is 2. The molecule has 142 valence electrons. The minimum Gasteiger partial charge on any atom is -0.390 e. The number of rotatable bonds is 0. The van der Waals surface area contributed by atoms with E-state index in [-0.39, 0.29) is 16.6 Å². The molecule has 4 aliphatic carbocycles. The number of nitrogens with zero attached hydrogens (tertiary/aromatic N) is 1. The van der Waals surface area contributed by atoms with E-state index in [0.29, 0.717) is 24.2 Å². The summed E-state index contributed by atoms with van der Waals surface area (Å²) in [5.74, 6) is 1.27. The van der Waals surface area contributed by atoms with Crippen LogP contribution in [-0.2, 0) is 4.79 Å². The lowest BCUT2D eigenvalue weighted by molar-refractivity contribution is -0.139. The van der Waals surface area contributed by atoms with Gasteiger partial charge in [-0.2, -0.15) is 5.26 Å². The Bertz CT molecular complexity index is 727. The Morgan fingerprint density at radius 1 is 1.12 bits per heavy atom. The standard InChI is InChI=1S/C23H33NO2/c1-20(2)18-7-6-15-16(21(18,3)12-14(13-24)19(20)25)8-10-22(4)17(15)9-11-23(22,5)26/h7,14-17,26H,6,8-12H2,1-5H3/t14-,15?,16?,17?,21+,22-,23-/m0/s1. The molecule has 0 heterocycles. The number of fused-ring (bicyclic) bond motifs is 5. The van der Waals surface area contributed by atoms with Crippen molar-refractivity contribution >= 4 is 5.78 Å². The Balaban J connectivity index is 1.78. The Hall–Kier alpha value is -1.14. The van der Waals surface area contributed by atoms with Crippen molar-refractivity contribution in [3.05, 3.63) is 11.6 Å². The summed E-state index contributed by atoms with van der Waals surface area (Å²) < 4.78 is 0. The van der Waals surface area contributed by atoms with Crippen LogP contribution in [0.5, 0.6) is 0 Å². The second kappa shape index (κ2) is 5.22. The molecule has 4 rings (SSSR count). The zero-order chi connectivity index (χ0) is 19.1. The highest BCUT2D eigenvalue weighted by Gasteiger charge is 2.64. The molecule has 3 unspecified atom stereocenters. The maximum absolute atomic E-state index is 12.9. The third-order valence-electron chi connectivity index (χ3n) is 9.42. The molecular formula is C23H33NO2. The van der Waals surface area contributed by atoms with E-state index in [2.05, 4.69) is 26.0 Å². The van der Waals surface area contributed by atoms with Gasteiger partial charge >= 0.3 is 0 Å². The van der Waals surface area contributed by atoms with Gasteiger partial charge in [-0.15, -0.1) is 0 Å². The molecule has 3 saturated carbocycles. The van der Waals surface area contributed by atoms with Crippen LogP contribution in [0.1, 0.15) is 73.1 Å². The quantitative estimate of drug-likeness (QED) is 0.643. The molecule has 0 saturated heterocycles.